The first kappa shape index (κ1) is 32.8. The van der Waals surface area contributed by atoms with Crippen LogP contribution in [0.15, 0.2) is 24.3 Å². The molecule has 37 heavy (non-hydrogen) atoms. The summed E-state index contributed by atoms with van der Waals surface area (Å²) < 4.78 is 5.46. The van der Waals surface area contributed by atoms with Crippen LogP contribution in [0, 0.1) is 6.92 Å². The van der Waals surface area contributed by atoms with Crippen LogP contribution < -0.4 is 10.6 Å². The Hall–Kier alpha value is -2.22. The van der Waals surface area contributed by atoms with Gasteiger partial charge in [-0.2, -0.15) is 11.8 Å². The molecule has 3 unspecified atom stereocenters. The third kappa shape index (κ3) is 12.2. The molecule has 0 fully saturated rings. The number of thioether (sulfide) groups is 1. The molecule has 7 nitrogen and oxygen atoms in total. The van der Waals surface area contributed by atoms with Crippen LogP contribution in [-0.4, -0.2) is 59.0 Å². The molecule has 0 heterocycles. The van der Waals surface area contributed by atoms with Crippen molar-refractivity contribution in [3.63, 3.8) is 0 Å². The van der Waals surface area contributed by atoms with Gasteiger partial charge in [-0.25, -0.2) is 4.79 Å². The fourth-order valence-electron chi connectivity index (χ4n) is 4.09. The highest BCUT2D eigenvalue weighted by Crippen LogP contribution is 2.25. The van der Waals surface area contributed by atoms with Crippen molar-refractivity contribution in [1.29, 1.82) is 0 Å². The van der Waals surface area contributed by atoms with E-state index in [-0.39, 0.29) is 17.9 Å². The van der Waals surface area contributed by atoms with Crippen molar-refractivity contribution in [2.45, 2.75) is 111 Å². The molecule has 210 valence electrons. The Kier molecular flexibility index (Phi) is 14.7. The molecule has 0 aliphatic heterocycles. The van der Waals surface area contributed by atoms with Crippen LogP contribution >= 0.6 is 11.8 Å². The van der Waals surface area contributed by atoms with Gasteiger partial charge in [-0.05, 0) is 71.5 Å². The zero-order valence-corrected chi connectivity index (χ0v) is 25.0. The number of unbranched alkanes of at least 4 members (excludes halogenated alkanes) is 2. The maximum atomic E-state index is 14.1. The Balaban J connectivity index is 3.44. The summed E-state index contributed by atoms with van der Waals surface area (Å²) in [5.41, 5.74) is 1.16. The van der Waals surface area contributed by atoms with Gasteiger partial charge in [-0.3, -0.25) is 9.59 Å². The zero-order chi connectivity index (χ0) is 28.0. The summed E-state index contributed by atoms with van der Waals surface area (Å²) in [5, 5.41) is 5.92. The van der Waals surface area contributed by atoms with Gasteiger partial charge in [0.2, 0.25) is 11.8 Å². The van der Waals surface area contributed by atoms with Crippen LogP contribution in [0.25, 0.3) is 0 Å². The summed E-state index contributed by atoms with van der Waals surface area (Å²) in [5.74, 6) is 0.222. The van der Waals surface area contributed by atoms with E-state index < -0.39 is 23.8 Å². The smallest absolute Gasteiger partial charge is 0.408 e. The molecule has 1 rings (SSSR count). The van der Waals surface area contributed by atoms with Gasteiger partial charge in [0.05, 0.1) is 0 Å². The molecule has 8 heteroatoms. The SMILES string of the molecule is CCCCCN(C(=O)C(CCSC)NC(=O)OC(C)(C)C)C(C(=O)NC(C)CCC)c1ccc(C)cc1. The number of rotatable bonds is 15. The standard InChI is InChI=1S/C29H49N3O4S/c1-9-11-12-19-32(27(34)24(18-20-37-8)31-28(35)36-29(5,6)7)25(23-16-14-21(3)15-17-23)26(33)30-22(4)13-10-2/h14-17,22,24-25H,9-13,18-20H2,1-8H3,(H,30,33)(H,31,35). The van der Waals surface area contributed by atoms with Gasteiger partial charge in [0, 0.05) is 12.6 Å². The van der Waals surface area contributed by atoms with Gasteiger partial charge in [-0.15, -0.1) is 0 Å². The predicted octanol–water partition coefficient (Wildman–Crippen LogP) is 6.01. The molecule has 3 atom stereocenters. The molecule has 0 saturated heterocycles. The average molecular weight is 536 g/mol. The molecule has 1 aromatic rings. The van der Waals surface area contributed by atoms with Crippen molar-refractivity contribution in [2.75, 3.05) is 18.6 Å². The number of benzene rings is 1. The maximum Gasteiger partial charge on any atom is 0.408 e. The fraction of sp³-hybridized carbons (Fsp3) is 0.690. The van der Waals surface area contributed by atoms with E-state index in [1.807, 2.05) is 44.4 Å². The van der Waals surface area contributed by atoms with E-state index in [1.165, 1.54) is 0 Å². The van der Waals surface area contributed by atoms with Crippen LogP contribution in [0.5, 0.6) is 0 Å². The first-order valence-corrected chi connectivity index (χ1v) is 15.0. The van der Waals surface area contributed by atoms with Gasteiger partial charge in [0.15, 0.2) is 0 Å². The lowest BCUT2D eigenvalue weighted by molar-refractivity contribution is -0.143. The van der Waals surface area contributed by atoms with Gasteiger partial charge in [0.1, 0.15) is 17.7 Å². The fourth-order valence-corrected chi connectivity index (χ4v) is 4.56. The van der Waals surface area contributed by atoms with Crippen molar-refractivity contribution in [2.24, 2.45) is 0 Å². The lowest BCUT2D eigenvalue weighted by atomic mass is 10.00. The van der Waals surface area contributed by atoms with Crippen molar-refractivity contribution in [3.05, 3.63) is 35.4 Å². The van der Waals surface area contributed by atoms with Crippen molar-refractivity contribution in [3.8, 4) is 0 Å². The lowest BCUT2D eigenvalue weighted by Crippen LogP contribution is -2.54. The van der Waals surface area contributed by atoms with E-state index in [9.17, 15) is 14.4 Å². The first-order valence-electron chi connectivity index (χ1n) is 13.6. The molecule has 3 amide bonds. The molecule has 0 aromatic heterocycles. The molecule has 0 aliphatic rings. The second-order valence-corrected chi connectivity index (χ2v) is 11.7. The van der Waals surface area contributed by atoms with E-state index in [0.29, 0.717) is 18.7 Å². The molecule has 0 radical (unpaired) electrons. The second-order valence-electron chi connectivity index (χ2n) is 10.7. The van der Waals surface area contributed by atoms with Crippen LogP contribution in [0.2, 0.25) is 0 Å². The average Bonchev–Trinajstić information content (AvgIpc) is 2.80. The number of hydrogen-bond donors (Lipinski definition) is 2. The van der Waals surface area contributed by atoms with E-state index in [1.54, 1.807) is 37.4 Å². The highest BCUT2D eigenvalue weighted by molar-refractivity contribution is 7.98. The summed E-state index contributed by atoms with van der Waals surface area (Å²) in [7, 11) is 0. The number of nitrogens with zero attached hydrogens (tertiary/aromatic N) is 1. The monoisotopic (exact) mass is 535 g/mol. The highest BCUT2D eigenvalue weighted by Gasteiger charge is 2.36. The number of carbonyl (C=O) groups excluding carboxylic acids is 3. The zero-order valence-electron chi connectivity index (χ0n) is 24.2. The third-order valence-electron chi connectivity index (χ3n) is 5.95. The summed E-state index contributed by atoms with van der Waals surface area (Å²) in [6, 6.07) is 6.17. The number of ether oxygens (including phenoxy) is 1. The number of amides is 3. The third-order valence-corrected chi connectivity index (χ3v) is 6.59. The number of hydrogen-bond acceptors (Lipinski definition) is 5. The Bertz CT molecular complexity index is 839. The van der Waals surface area contributed by atoms with E-state index in [2.05, 4.69) is 24.5 Å². The first-order chi connectivity index (χ1) is 17.4. The number of alkyl carbamates (subject to hydrolysis) is 1. The van der Waals surface area contributed by atoms with Crippen LogP contribution in [-0.2, 0) is 14.3 Å². The van der Waals surface area contributed by atoms with Crippen molar-refractivity contribution >= 4 is 29.7 Å². The quantitative estimate of drug-likeness (QED) is 0.269. The van der Waals surface area contributed by atoms with Crippen molar-refractivity contribution in [1.82, 2.24) is 15.5 Å². The van der Waals surface area contributed by atoms with Crippen molar-refractivity contribution < 1.29 is 19.1 Å². The summed E-state index contributed by atoms with van der Waals surface area (Å²) in [6.07, 6.45) is 6.27. The van der Waals surface area contributed by atoms with E-state index in [4.69, 9.17) is 4.74 Å². The molecule has 1 aromatic carbocycles. The molecule has 0 aliphatic carbocycles. The summed E-state index contributed by atoms with van der Waals surface area (Å²) in [4.78, 5) is 42.1. The largest absolute Gasteiger partial charge is 0.444 e. The van der Waals surface area contributed by atoms with Crippen LogP contribution in [0.1, 0.15) is 97.2 Å². The molecule has 2 N–H and O–H groups in total. The Labute approximate surface area is 228 Å². The minimum absolute atomic E-state index is 0.00906. The Morgan fingerprint density at radius 2 is 1.65 bits per heavy atom. The Morgan fingerprint density at radius 1 is 1.00 bits per heavy atom. The van der Waals surface area contributed by atoms with Crippen LogP contribution in [0.4, 0.5) is 4.79 Å². The van der Waals surface area contributed by atoms with E-state index in [0.717, 1.165) is 43.2 Å². The molecule has 0 saturated carbocycles. The summed E-state index contributed by atoms with van der Waals surface area (Å²) >= 11 is 1.61. The van der Waals surface area contributed by atoms with Gasteiger partial charge in [0.25, 0.3) is 0 Å². The molecular weight excluding hydrogens is 486 g/mol. The van der Waals surface area contributed by atoms with Gasteiger partial charge < -0.3 is 20.3 Å². The second kappa shape index (κ2) is 16.6. The van der Waals surface area contributed by atoms with Gasteiger partial charge >= 0.3 is 6.09 Å². The summed E-state index contributed by atoms with van der Waals surface area (Å²) in [6.45, 7) is 14.0. The number of nitrogens with one attached hydrogen (secondary N) is 2. The van der Waals surface area contributed by atoms with E-state index >= 15 is 0 Å². The van der Waals surface area contributed by atoms with Crippen LogP contribution in [0.3, 0.4) is 0 Å². The topological polar surface area (TPSA) is 87.7 Å². The minimum atomic E-state index is -0.794. The molecule has 0 bridgehead atoms. The highest BCUT2D eigenvalue weighted by atomic mass is 32.2. The Morgan fingerprint density at radius 3 is 2.19 bits per heavy atom. The minimum Gasteiger partial charge on any atom is -0.444 e. The van der Waals surface area contributed by atoms with Gasteiger partial charge in [-0.1, -0.05) is 62.9 Å². The maximum absolute atomic E-state index is 14.1. The molecular formula is C29H49N3O4S. The number of aryl methyl sites for hydroxylation is 1. The predicted molar refractivity (Wildman–Crippen MR) is 154 cm³/mol. The number of carbonyl (C=O) groups is 3. The molecule has 0 spiro atoms. The normalized spacial score (nSPS) is 13.8. The lowest BCUT2D eigenvalue weighted by Gasteiger charge is -2.35.